The second-order valence-corrected chi connectivity index (χ2v) is 5.00. The normalized spacial score (nSPS) is 20.5. The molecule has 5 heteroatoms. The molecule has 1 aromatic heterocycles. The Kier molecular flexibility index (Phi) is 3.30. The molecule has 0 saturated carbocycles. The molecule has 1 aromatic rings. The number of carbonyl (C=O) groups excluding carboxylic acids is 1. The van der Waals surface area contributed by atoms with Crippen LogP contribution >= 0.6 is 11.8 Å². The number of amides is 1. The van der Waals surface area contributed by atoms with E-state index in [-0.39, 0.29) is 5.91 Å². The van der Waals surface area contributed by atoms with E-state index in [0.29, 0.717) is 11.5 Å². The zero-order valence-electron chi connectivity index (χ0n) is 8.75. The number of H-pyrrole nitrogens is 1. The lowest BCUT2D eigenvalue weighted by Crippen LogP contribution is -2.29. The number of hydrogen-bond donors (Lipinski definition) is 2. The monoisotopic (exact) mass is 225 g/mol. The molecule has 0 bridgehead atoms. The molecule has 0 aliphatic carbocycles. The van der Waals surface area contributed by atoms with E-state index in [1.165, 1.54) is 17.9 Å². The fourth-order valence-corrected chi connectivity index (χ4v) is 2.94. The Bertz CT molecular complexity index is 344. The van der Waals surface area contributed by atoms with Crippen molar-refractivity contribution in [2.24, 2.45) is 5.92 Å². The highest BCUT2D eigenvalue weighted by molar-refractivity contribution is 7.99. The Morgan fingerprint density at radius 2 is 2.67 bits per heavy atom. The van der Waals surface area contributed by atoms with Gasteiger partial charge in [-0.05, 0) is 30.8 Å². The van der Waals surface area contributed by atoms with Crippen LogP contribution in [0.2, 0.25) is 0 Å². The van der Waals surface area contributed by atoms with Gasteiger partial charge in [-0.3, -0.25) is 9.89 Å². The third kappa shape index (κ3) is 2.53. The number of nitrogens with zero attached hydrogens (tertiary/aromatic N) is 1. The third-order valence-corrected chi connectivity index (χ3v) is 3.88. The van der Waals surface area contributed by atoms with E-state index >= 15 is 0 Å². The van der Waals surface area contributed by atoms with Gasteiger partial charge < -0.3 is 5.32 Å². The summed E-state index contributed by atoms with van der Waals surface area (Å²) in [5.74, 6) is 3.03. The molecule has 1 unspecified atom stereocenters. The molecule has 1 saturated heterocycles. The standard InChI is InChI=1S/C10H15N3OS/c1-7-9(5-12-13-7)10(14)11-4-8-2-3-15-6-8/h5,8H,2-4,6H2,1H3,(H,11,14)(H,12,13). The van der Waals surface area contributed by atoms with Crippen LogP contribution in [0.1, 0.15) is 22.5 Å². The molecular weight excluding hydrogens is 210 g/mol. The van der Waals surface area contributed by atoms with Crippen LogP contribution in [0.5, 0.6) is 0 Å². The largest absolute Gasteiger partial charge is 0.352 e. The van der Waals surface area contributed by atoms with E-state index in [9.17, 15) is 4.79 Å². The summed E-state index contributed by atoms with van der Waals surface area (Å²) >= 11 is 1.96. The molecule has 1 amide bonds. The van der Waals surface area contributed by atoms with Crippen molar-refractivity contribution in [2.75, 3.05) is 18.1 Å². The molecular formula is C10H15N3OS. The van der Waals surface area contributed by atoms with Crippen molar-refractivity contribution in [1.82, 2.24) is 15.5 Å². The average molecular weight is 225 g/mol. The van der Waals surface area contributed by atoms with Crippen LogP contribution < -0.4 is 5.32 Å². The molecule has 0 spiro atoms. The van der Waals surface area contributed by atoms with Crippen molar-refractivity contribution in [2.45, 2.75) is 13.3 Å². The first kappa shape index (κ1) is 10.5. The van der Waals surface area contributed by atoms with Gasteiger partial charge in [0.2, 0.25) is 0 Å². The third-order valence-electron chi connectivity index (χ3n) is 2.65. The first-order valence-electron chi connectivity index (χ1n) is 5.13. The number of rotatable bonds is 3. The van der Waals surface area contributed by atoms with Crippen molar-refractivity contribution in [3.8, 4) is 0 Å². The van der Waals surface area contributed by atoms with Gasteiger partial charge in [-0.15, -0.1) is 0 Å². The predicted molar refractivity (Wildman–Crippen MR) is 61.1 cm³/mol. The zero-order valence-corrected chi connectivity index (χ0v) is 9.56. The van der Waals surface area contributed by atoms with Gasteiger partial charge in [-0.2, -0.15) is 16.9 Å². The smallest absolute Gasteiger partial charge is 0.254 e. The van der Waals surface area contributed by atoms with E-state index in [1.807, 2.05) is 18.7 Å². The maximum atomic E-state index is 11.7. The van der Waals surface area contributed by atoms with Crippen LogP contribution in [0.15, 0.2) is 6.20 Å². The van der Waals surface area contributed by atoms with Crippen molar-refractivity contribution in [1.29, 1.82) is 0 Å². The predicted octanol–water partition coefficient (Wildman–Crippen LogP) is 1.20. The molecule has 4 nitrogen and oxygen atoms in total. The molecule has 1 atom stereocenters. The maximum Gasteiger partial charge on any atom is 0.254 e. The van der Waals surface area contributed by atoms with Crippen molar-refractivity contribution >= 4 is 17.7 Å². The molecule has 2 rings (SSSR count). The number of carbonyl (C=O) groups is 1. The quantitative estimate of drug-likeness (QED) is 0.812. The van der Waals surface area contributed by atoms with Crippen LogP contribution in [-0.4, -0.2) is 34.2 Å². The first-order valence-corrected chi connectivity index (χ1v) is 6.28. The number of aromatic amines is 1. The second kappa shape index (κ2) is 4.70. The van der Waals surface area contributed by atoms with E-state index in [2.05, 4.69) is 15.5 Å². The van der Waals surface area contributed by atoms with Crippen molar-refractivity contribution in [3.63, 3.8) is 0 Å². The fourth-order valence-electron chi connectivity index (χ4n) is 1.66. The minimum absolute atomic E-state index is 0.0156. The maximum absolute atomic E-state index is 11.7. The molecule has 0 radical (unpaired) electrons. The van der Waals surface area contributed by atoms with E-state index in [0.717, 1.165) is 12.2 Å². The number of hydrogen-bond acceptors (Lipinski definition) is 3. The second-order valence-electron chi connectivity index (χ2n) is 3.85. The Balaban J connectivity index is 1.84. The van der Waals surface area contributed by atoms with Crippen molar-refractivity contribution in [3.05, 3.63) is 17.5 Å². The van der Waals surface area contributed by atoms with Crippen molar-refractivity contribution < 1.29 is 4.79 Å². The van der Waals surface area contributed by atoms with Crippen LogP contribution in [0, 0.1) is 12.8 Å². The highest BCUT2D eigenvalue weighted by Gasteiger charge is 2.17. The van der Waals surface area contributed by atoms with Gasteiger partial charge in [-0.25, -0.2) is 0 Å². The Morgan fingerprint density at radius 3 is 3.27 bits per heavy atom. The van der Waals surface area contributed by atoms with Gasteiger partial charge in [0.25, 0.3) is 5.91 Å². The molecule has 82 valence electrons. The average Bonchev–Trinajstić information content (AvgIpc) is 2.84. The SMILES string of the molecule is Cc1[nH]ncc1C(=O)NCC1CCSC1. The van der Waals surface area contributed by atoms with Gasteiger partial charge in [0.15, 0.2) is 0 Å². The molecule has 1 fully saturated rings. The molecule has 15 heavy (non-hydrogen) atoms. The Hall–Kier alpha value is -0.970. The van der Waals surface area contributed by atoms with E-state index in [1.54, 1.807) is 6.20 Å². The Morgan fingerprint density at radius 1 is 1.80 bits per heavy atom. The van der Waals surface area contributed by atoms with Crippen LogP contribution in [-0.2, 0) is 0 Å². The molecule has 1 aliphatic heterocycles. The number of aromatic nitrogens is 2. The molecule has 1 aliphatic rings. The van der Waals surface area contributed by atoms with Crippen LogP contribution in [0.3, 0.4) is 0 Å². The summed E-state index contributed by atoms with van der Waals surface area (Å²) in [5.41, 5.74) is 1.48. The summed E-state index contributed by atoms with van der Waals surface area (Å²) in [6, 6.07) is 0. The summed E-state index contributed by atoms with van der Waals surface area (Å²) in [6.45, 7) is 2.64. The number of aryl methyl sites for hydroxylation is 1. The number of nitrogens with one attached hydrogen (secondary N) is 2. The zero-order chi connectivity index (χ0) is 10.7. The van der Waals surface area contributed by atoms with Gasteiger partial charge in [0, 0.05) is 12.2 Å². The lowest BCUT2D eigenvalue weighted by Gasteiger charge is -2.09. The van der Waals surface area contributed by atoms with Gasteiger partial charge in [0.1, 0.15) is 0 Å². The number of thioether (sulfide) groups is 1. The summed E-state index contributed by atoms with van der Waals surface area (Å²) in [7, 11) is 0. The molecule has 0 aromatic carbocycles. The fraction of sp³-hybridized carbons (Fsp3) is 0.600. The minimum atomic E-state index is -0.0156. The lowest BCUT2D eigenvalue weighted by molar-refractivity contribution is 0.0948. The van der Waals surface area contributed by atoms with Crippen LogP contribution in [0.4, 0.5) is 0 Å². The van der Waals surface area contributed by atoms with E-state index < -0.39 is 0 Å². The topological polar surface area (TPSA) is 57.8 Å². The van der Waals surface area contributed by atoms with Gasteiger partial charge in [0.05, 0.1) is 11.8 Å². The highest BCUT2D eigenvalue weighted by atomic mass is 32.2. The van der Waals surface area contributed by atoms with Gasteiger partial charge in [-0.1, -0.05) is 0 Å². The molecule has 2 N–H and O–H groups in total. The first-order chi connectivity index (χ1) is 7.27. The highest BCUT2D eigenvalue weighted by Crippen LogP contribution is 2.22. The van der Waals surface area contributed by atoms with E-state index in [4.69, 9.17) is 0 Å². The minimum Gasteiger partial charge on any atom is -0.352 e. The summed E-state index contributed by atoms with van der Waals surface area (Å²) in [5, 5.41) is 9.55. The summed E-state index contributed by atoms with van der Waals surface area (Å²) < 4.78 is 0. The summed E-state index contributed by atoms with van der Waals surface area (Å²) in [6.07, 6.45) is 2.80. The lowest BCUT2D eigenvalue weighted by atomic mass is 10.1. The summed E-state index contributed by atoms with van der Waals surface area (Å²) in [4.78, 5) is 11.7. The molecule has 2 heterocycles. The Labute approximate surface area is 93.2 Å². The van der Waals surface area contributed by atoms with Crippen LogP contribution in [0.25, 0.3) is 0 Å². The van der Waals surface area contributed by atoms with Gasteiger partial charge >= 0.3 is 0 Å².